The molecule has 0 atom stereocenters. The van der Waals surface area contributed by atoms with Gasteiger partial charge in [-0.25, -0.2) is 4.98 Å². The number of hydrogen-bond donors (Lipinski definition) is 1. The van der Waals surface area contributed by atoms with Crippen molar-refractivity contribution in [3.05, 3.63) is 53.6 Å². The molecule has 28 heavy (non-hydrogen) atoms. The number of thioether (sulfide) groups is 1. The molecule has 0 saturated heterocycles. The van der Waals surface area contributed by atoms with Gasteiger partial charge < -0.3 is 5.32 Å². The van der Waals surface area contributed by atoms with Gasteiger partial charge in [0, 0.05) is 17.9 Å². The van der Waals surface area contributed by atoms with Crippen molar-refractivity contribution in [2.45, 2.75) is 56.7 Å². The normalized spacial score (nSPS) is 11.5. The summed E-state index contributed by atoms with van der Waals surface area (Å²) in [5, 5.41) is 3.20. The van der Waals surface area contributed by atoms with Crippen LogP contribution in [0, 0.1) is 0 Å². The molecular weight excluding hydrogens is 384 g/mol. The van der Waals surface area contributed by atoms with Gasteiger partial charge in [0.25, 0.3) is 0 Å². The summed E-state index contributed by atoms with van der Waals surface area (Å²) in [6, 6.07) is 14.5. The van der Waals surface area contributed by atoms with Crippen molar-refractivity contribution in [2.75, 3.05) is 11.1 Å². The lowest BCUT2D eigenvalue weighted by atomic mass is 9.92. The number of nitrogens with one attached hydrogen (secondary N) is 1. The molecule has 148 valence electrons. The van der Waals surface area contributed by atoms with E-state index in [1.807, 2.05) is 18.2 Å². The molecule has 1 aromatic heterocycles. The number of anilines is 1. The fourth-order valence-corrected chi connectivity index (χ4v) is 5.28. The standard InChI is InChI=1S/C23H28N2OS2/c1-15(2)17-9-7-10-18(16(3)4)22(17)25-21(26)13-8-14-27-23-24-19-11-5-6-12-20(19)28-23/h5-7,9-12,15-16H,8,13-14H2,1-4H3,(H,25,26). The van der Waals surface area contributed by atoms with E-state index in [-0.39, 0.29) is 5.91 Å². The number of carbonyl (C=O) groups excluding carboxylic acids is 1. The van der Waals surface area contributed by atoms with Crippen LogP contribution in [0.4, 0.5) is 5.69 Å². The number of fused-ring (bicyclic) bond motifs is 1. The van der Waals surface area contributed by atoms with Crippen LogP contribution in [0.25, 0.3) is 10.2 Å². The quantitative estimate of drug-likeness (QED) is 0.318. The zero-order valence-electron chi connectivity index (χ0n) is 17.0. The van der Waals surface area contributed by atoms with Crippen LogP contribution >= 0.6 is 23.1 Å². The van der Waals surface area contributed by atoms with E-state index in [2.05, 4.69) is 62.3 Å². The topological polar surface area (TPSA) is 42.0 Å². The van der Waals surface area contributed by atoms with E-state index >= 15 is 0 Å². The predicted octanol–water partition coefficient (Wildman–Crippen LogP) is 7.05. The van der Waals surface area contributed by atoms with Gasteiger partial charge in [-0.15, -0.1) is 11.3 Å². The highest BCUT2D eigenvalue weighted by Gasteiger charge is 2.15. The van der Waals surface area contributed by atoms with Crippen molar-refractivity contribution >= 4 is 44.9 Å². The second kappa shape index (κ2) is 9.57. The molecule has 0 aliphatic carbocycles. The fraction of sp³-hybridized carbons (Fsp3) is 0.391. The maximum Gasteiger partial charge on any atom is 0.224 e. The number of para-hydroxylation sites is 2. The zero-order valence-corrected chi connectivity index (χ0v) is 18.6. The van der Waals surface area contributed by atoms with Gasteiger partial charge in [-0.1, -0.05) is 69.8 Å². The molecule has 1 heterocycles. The highest BCUT2D eigenvalue weighted by molar-refractivity contribution is 8.01. The van der Waals surface area contributed by atoms with Crippen LogP contribution in [0.3, 0.4) is 0 Å². The SMILES string of the molecule is CC(C)c1cccc(C(C)C)c1NC(=O)CCCSc1nc2ccccc2s1. The summed E-state index contributed by atoms with van der Waals surface area (Å²) in [7, 11) is 0. The van der Waals surface area contributed by atoms with Gasteiger partial charge in [0.15, 0.2) is 4.34 Å². The molecule has 0 unspecified atom stereocenters. The summed E-state index contributed by atoms with van der Waals surface area (Å²) in [5.41, 5.74) is 4.49. The molecule has 0 aliphatic rings. The van der Waals surface area contributed by atoms with E-state index < -0.39 is 0 Å². The molecule has 3 aromatic rings. The van der Waals surface area contributed by atoms with E-state index in [0.29, 0.717) is 18.3 Å². The Kier molecular flexibility index (Phi) is 7.13. The lowest BCUT2D eigenvalue weighted by molar-refractivity contribution is -0.116. The van der Waals surface area contributed by atoms with Gasteiger partial charge >= 0.3 is 0 Å². The lowest BCUT2D eigenvalue weighted by Gasteiger charge is -2.20. The van der Waals surface area contributed by atoms with E-state index in [1.54, 1.807) is 23.1 Å². The maximum atomic E-state index is 12.6. The highest BCUT2D eigenvalue weighted by atomic mass is 32.2. The van der Waals surface area contributed by atoms with E-state index in [9.17, 15) is 4.79 Å². The minimum Gasteiger partial charge on any atom is -0.326 e. The Morgan fingerprint density at radius 1 is 1.04 bits per heavy atom. The molecule has 3 rings (SSSR count). The minimum atomic E-state index is 0.0971. The van der Waals surface area contributed by atoms with Crippen LogP contribution in [0.5, 0.6) is 0 Å². The third-order valence-electron chi connectivity index (χ3n) is 4.69. The first-order valence-electron chi connectivity index (χ1n) is 9.86. The van der Waals surface area contributed by atoms with E-state index in [1.165, 1.54) is 15.8 Å². The number of nitrogens with zero attached hydrogens (tertiary/aromatic N) is 1. The number of aromatic nitrogens is 1. The molecule has 3 nitrogen and oxygen atoms in total. The van der Waals surface area contributed by atoms with Gasteiger partial charge in [0.05, 0.1) is 10.2 Å². The van der Waals surface area contributed by atoms with Gasteiger partial charge in [-0.05, 0) is 41.5 Å². The molecule has 0 fully saturated rings. The van der Waals surface area contributed by atoms with Crippen LogP contribution < -0.4 is 5.32 Å². The number of amides is 1. The predicted molar refractivity (Wildman–Crippen MR) is 123 cm³/mol. The van der Waals surface area contributed by atoms with Gasteiger partial charge in [-0.3, -0.25) is 4.79 Å². The van der Waals surface area contributed by atoms with Crippen LogP contribution in [-0.4, -0.2) is 16.6 Å². The maximum absolute atomic E-state index is 12.6. The molecule has 0 aliphatic heterocycles. The van der Waals surface area contributed by atoms with Crippen LogP contribution in [-0.2, 0) is 4.79 Å². The third-order valence-corrected chi connectivity index (χ3v) is 6.95. The number of rotatable bonds is 8. The third kappa shape index (κ3) is 5.15. The van der Waals surface area contributed by atoms with Crippen molar-refractivity contribution in [1.82, 2.24) is 4.98 Å². The summed E-state index contributed by atoms with van der Waals surface area (Å²) in [5.74, 6) is 1.75. The van der Waals surface area contributed by atoms with Crippen LogP contribution in [0.2, 0.25) is 0 Å². The summed E-state index contributed by atoms with van der Waals surface area (Å²) in [6.07, 6.45) is 1.37. The first-order valence-corrected chi connectivity index (χ1v) is 11.7. The number of thiazole rings is 1. The fourth-order valence-electron chi connectivity index (χ4n) is 3.20. The first-order chi connectivity index (χ1) is 13.5. The largest absolute Gasteiger partial charge is 0.326 e. The van der Waals surface area contributed by atoms with Gasteiger partial charge in [-0.2, -0.15) is 0 Å². The van der Waals surface area contributed by atoms with Crippen LogP contribution in [0.1, 0.15) is 63.5 Å². The second-order valence-electron chi connectivity index (χ2n) is 7.57. The Morgan fingerprint density at radius 2 is 1.71 bits per heavy atom. The average Bonchev–Trinajstić information content (AvgIpc) is 3.08. The average molecular weight is 413 g/mol. The molecule has 0 radical (unpaired) electrons. The van der Waals surface area contributed by atoms with Crippen molar-refractivity contribution in [3.8, 4) is 0 Å². The van der Waals surface area contributed by atoms with Crippen molar-refractivity contribution in [2.24, 2.45) is 0 Å². The summed E-state index contributed by atoms with van der Waals surface area (Å²) in [6.45, 7) is 8.68. The first kappa shape index (κ1) is 20.9. The summed E-state index contributed by atoms with van der Waals surface area (Å²) >= 11 is 3.46. The number of hydrogen-bond acceptors (Lipinski definition) is 4. The van der Waals surface area contributed by atoms with Crippen molar-refractivity contribution in [3.63, 3.8) is 0 Å². The Morgan fingerprint density at radius 3 is 2.36 bits per heavy atom. The summed E-state index contributed by atoms with van der Waals surface area (Å²) < 4.78 is 2.29. The second-order valence-corrected chi connectivity index (χ2v) is 9.94. The Labute approximate surface area is 176 Å². The molecule has 0 saturated carbocycles. The monoisotopic (exact) mass is 412 g/mol. The molecule has 0 spiro atoms. The number of carbonyl (C=O) groups is 1. The summed E-state index contributed by atoms with van der Waals surface area (Å²) in [4.78, 5) is 17.2. The molecule has 2 aromatic carbocycles. The molecular formula is C23H28N2OS2. The molecule has 1 amide bonds. The molecule has 5 heteroatoms. The molecule has 0 bridgehead atoms. The van der Waals surface area contributed by atoms with E-state index in [0.717, 1.165) is 27.7 Å². The van der Waals surface area contributed by atoms with Crippen LogP contribution in [0.15, 0.2) is 46.8 Å². The molecule has 1 N–H and O–H groups in total. The van der Waals surface area contributed by atoms with Crippen molar-refractivity contribution in [1.29, 1.82) is 0 Å². The Hall–Kier alpha value is -1.85. The highest BCUT2D eigenvalue weighted by Crippen LogP contribution is 2.33. The Balaban J connectivity index is 1.56. The van der Waals surface area contributed by atoms with Crippen molar-refractivity contribution < 1.29 is 4.79 Å². The zero-order chi connectivity index (χ0) is 20.1. The smallest absolute Gasteiger partial charge is 0.224 e. The Bertz CT molecular complexity index is 887. The van der Waals surface area contributed by atoms with E-state index in [4.69, 9.17) is 0 Å². The minimum absolute atomic E-state index is 0.0971. The van der Waals surface area contributed by atoms with Gasteiger partial charge in [0.1, 0.15) is 0 Å². The number of benzene rings is 2. The lowest BCUT2D eigenvalue weighted by Crippen LogP contribution is -2.15. The van der Waals surface area contributed by atoms with Gasteiger partial charge in [0.2, 0.25) is 5.91 Å².